The number of aliphatic carboxylic acids is 1. The van der Waals surface area contributed by atoms with E-state index in [1.165, 1.54) is 0 Å². The summed E-state index contributed by atoms with van der Waals surface area (Å²) in [6.07, 6.45) is 12.2. The molecule has 0 aromatic heterocycles. The second kappa shape index (κ2) is 10.5. The van der Waals surface area contributed by atoms with E-state index in [-0.39, 0.29) is 6.42 Å². The van der Waals surface area contributed by atoms with Crippen LogP contribution in [0.5, 0.6) is 0 Å². The third-order valence-corrected chi connectivity index (χ3v) is 4.91. The van der Waals surface area contributed by atoms with Crippen molar-refractivity contribution in [1.82, 2.24) is 0 Å². The quantitative estimate of drug-likeness (QED) is 0.375. The Labute approximate surface area is 145 Å². The minimum atomic E-state index is -0.718. The predicted octanol–water partition coefficient (Wildman–Crippen LogP) is 3.80. The van der Waals surface area contributed by atoms with Crippen LogP contribution in [0.3, 0.4) is 0 Å². The Bertz CT molecular complexity index is 474. The molecule has 2 heterocycles. The highest BCUT2D eigenvalue weighted by molar-refractivity contribution is 5.66. The van der Waals surface area contributed by atoms with E-state index in [9.17, 15) is 4.79 Å². The molecule has 2 bridgehead atoms. The first kappa shape index (κ1) is 19.0. The molecular formula is C20H30O4. The Balaban J connectivity index is 1.70. The lowest BCUT2D eigenvalue weighted by molar-refractivity contribution is -0.137. The molecule has 0 aromatic carbocycles. The van der Waals surface area contributed by atoms with E-state index in [1.807, 2.05) is 0 Å². The van der Waals surface area contributed by atoms with Gasteiger partial charge in [0.2, 0.25) is 0 Å². The summed E-state index contributed by atoms with van der Waals surface area (Å²) in [4.78, 5) is 10.5. The molecule has 0 amide bonds. The number of hydrogen-bond acceptors (Lipinski definition) is 3. The first-order valence-electron chi connectivity index (χ1n) is 9.28. The Morgan fingerprint density at radius 1 is 1.25 bits per heavy atom. The van der Waals surface area contributed by atoms with E-state index >= 15 is 0 Å². The third-order valence-electron chi connectivity index (χ3n) is 4.91. The first-order chi connectivity index (χ1) is 11.7. The van der Waals surface area contributed by atoms with E-state index in [0.29, 0.717) is 37.1 Å². The Morgan fingerprint density at radius 3 is 2.79 bits per heavy atom. The van der Waals surface area contributed by atoms with Crippen molar-refractivity contribution in [2.45, 2.75) is 70.5 Å². The summed E-state index contributed by atoms with van der Waals surface area (Å²) in [7, 11) is 0. The van der Waals surface area contributed by atoms with Gasteiger partial charge >= 0.3 is 5.97 Å². The van der Waals surface area contributed by atoms with Crippen molar-refractivity contribution in [2.75, 3.05) is 13.2 Å². The second-order valence-electron chi connectivity index (χ2n) is 6.73. The van der Waals surface area contributed by atoms with Crippen molar-refractivity contribution in [1.29, 1.82) is 0 Å². The van der Waals surface area contributed by atoms with Crippen molar-refractivity contribution in [3.05, 3.63) is 12.2 Å². The third kappa shape index (κ3) is 5.96. The monoisotopic (exact) mass is 334 g/mol. The number of carbonyl (C=O) groups is 1. The van der Waals surface area contributed by atoms with Crippen LogP contribution in [0.15, 0.2) is 12.2 Å². The van der Waals surface area contributed by atoms with Crippen LogP contribution in [0.1, 0.15) is 58.3 Å². The van der Waals surface area contributed by atoms with E-state index < -0.39 is 5.97 Å². The zero-order chi connectivity index (χ0) is 17.2. The lowest BCUT2D eigenvalue weighted by Gasteiger charge is -2.26. The van der Waals surface area contributed by atoms with E-state index in [1.54, 1.807) is 0 Å². The van der Waals surface area contributed by atoms with E-state index in [0.717, 1.165) is 45.1 Å². The summed E-state index contributed by atoms with van der Waals surface area (Å²) >= 11 is 0. The predicted molar refractivity (Wildman–Crippen MR) is 93.6 cm³/mol. The van der Waals surface area contributed by atoms with Gasteiger partial charge < -0.3 is 14.6 Å². The van der Waals surface area contributed by atoms with E-state index in [4.69, 9.17) is 14.6 Å². The maximum Gasteiger partial charge on any atom is 0.303 e. The summed E-state index contributed by atoms with van der Waals surface area (Å²) in [5, 5.41) is 8.64. The highest BCUT2D eigenvalue weighted by Crippen LogP contribution is 2.45. The summed E-state index contributed by atoms with van der Waals surface area (Å²) < 4.78 is 11.9. The van der Waals surface area contributed by atoms with Crippen LogP contribution in [-0.2, 0) is 14.3 Å². The van der Waals surface area contributed by atoms with Crippen LogP contribution in [0.4, 0.5) is 0 Å². The minimum absolute atomic E-state index is 0.247. The fraction of sp³-hybridized carbons (Fsp3) is 0.750. The van der Waals surface area contributed by atoms with Crippen LogP contribution in [0, 0.1) is 23.7 Å². The van der Waals surface area contributed by atoms with E-state index in [2.05, 4.69) is 30.9 Å². The summed E-state index contributed by atoms with van der Waals surface area (Å²) in [6, 6.07) is 0. The largest absolute Gasteiger partial charge is 0.481 e. The number of ether oxygens (including phenoxy) is 2. The van der Waals surface area contributed by atoms with Crippen LogP contribution in [-0.4, -0.2) is 36.5 Å². The Kier molecular flexibility index (Phi) is 8.35. The molecule has 2 saturated heterocycles. The molecule has 4 nitrogen and oxygen atoms in total. The zero-order valence-corrected chi connectivity index (χ0v) is 14.7. The number of carboxylic acid groups (broad SMARTS) is 1. The smallest absolute Gasteiger partial charge is 0.303 e. The molecule has 0 unspecified atom stereocenters. The first-order valence-corrected chi connectivity index (χ1v) is 9.28. The fourth-order valence-electron chi connectivity index (χ4n) is 3.68. The van der Waals surface area contributed by atoms with Gasteiger partial charge in [0, 0.05) is 18.8 Å². The van der Waals surface area contributed by atoms with Crippen molar-refractivity contribution in [3.8, 4) is 11.8 Å². The molecule has 4 atom stereocenters. The van der Waals surface area contributed by atoms with Gasteiger partial charge in [0.25, 0.3) is 0 Å². The standard InChI is InChI=1S/C20H30O4/c1-2-3-4-9-14-23-15-17-16(18-12-13-19(17)24-18)10-7-5-6-8-11-20(21)22/h5,7,16-19H,2-3,6,8,10-15H2,1H3,(H,21,22)/b7-5-/t16-,17+,18-,19+/m0/s1. The molecule has 4 heteroatoms. The molecule has 0 aliphatic carbocycles. The van der Waals surface area contributed by atoms with Crippen molar-refractivity contribution < 1.29 is 19.4 Å². The number of rotatable bonds is 10. The summed E-state index contributed by atoms with van der Waals surface area (Å²) in [5.74, 6) is 6.46. The van der Waals surface area contributed by atoms with Gasteiger partial charge in [0.15, 0.2) is 0 Å². The van der Waals surface area contributed by atoms with Gasteiger partial charge in [0.1, 0.15) is 6.61 Å². The van der Waals surface area contributed by atoms with Gasteiger partial charge in [-0.3, -0.25) is 4.79 Å². The summed E-state index contributed by atoms with van der Waals surface area (Å²) in [6.45, 7) is 3.38. The maximum absolute atomic E-state index is 10.5. The highest BCUT2D eigenvalue weighted by Gasteiger charge is 2.48. The lowest BCUT2D eigenvalue weighted by atomic mass is 9.78. The van der Waals surface area contributed by atoms with Crippen LogP contribution in [0.2, 0.25) is 0 Å². The molecule has 0 spiro atoms. The number of fused-ring (bicyclic) bond motifs is 2. The van der Waals surface area contributed by atoms with Crippen LogP contribution in [0.25, 0.3) is 0 Å². The SMILES string of the molecule is CCCC#CCOC[C@@H]1[C@H](C/C=C\CCCC(=O)O)[C@@H]2CC[C@H]1O2. The lowest BCUT2D eigenvalue weighted by Crippen LogP contribution is -2.30. The minimum Gasteiger partial charge on any atom is -0.481 e. The molecule has 0 aromatic rings. The van der Waals surface area contributed by atoms with Crippen molar-refractivity contribution >= 4 is 5.97 Å². The second-order valence-corrected chi connectivity index (χ2v) is 6.73. The van der Waals surface area contributed by atoms with Gasteiger partial charge in [-0.2, -0.15) is 0 Å². The van der Waals surface area contributed by atoms with Crippen LogP contribution >= 0.6 is 0 Å². The van der Waals surface area contributed by atoms with Gasteiger partial charge in [0.05, 0.1) is 18.8 Å². The van der Waals surface area contributed by atoms with Gasteiger partial charge in [-0.15, -0.1) is 5.92 Å². The van der Waals surface area contributed by atoms with Gasteiger partial charge in [-0.05, 0) is 44.4 Å². The number of hydrogen-bond donors (Lipinski definition) is 1. The molecule has 1 N–H and O–H groups in total. The topological polar surface area (TPSA) is 55.8 Å². The summed E-state index contributed by atoms with van der Waals surface area (Å²) in [5.41, 5.74) is 0. The van der Waals surface area contributed by atoms with Gasteiger partial charge in [-0.25, -0.2) is 0 Å². The highest BCUT2D eigenvalue weighted by atomic mass is 16.5. The number of allylic oxidation sites excluding steroid dienone is 2. The average Bonchev–Trinajstić information content (AvgIpc) is 3.15. The number of carboxylic acids is 1. The molecular weight excluding hydrogens is 304 g/mol. The van der Waals surface area contributed by atoms with Crippen molar-refractivity contribution in [3.63, 3.8) is 0 Å². The molecule has 2 fully saturated rings. The molecule has 134 valence electrons. The normalized spacial score (nSPS) is 28.2. The van der Waals surface area contributed by atoms with Crippen LogP contribution < -0.4 is 0 Å². The van der Waals surface area contributed by atoms with Crippen molar-refractivity contribution in [2.24, 2.45) is 11.8 Å². The van der Waals surface area contributed by atoms with Gasteiger partial charge in [-0.1, -0.05) is 25.0 Å². The zero-order valence-electron chi connectivity index (χ0n) is 14.7. The fourth-order valence-corrected chi connectivity index (χ4v) is 3.68. The molecule has 24 heavy (non-hydrogen) atoms. The molecule has 0 saturated carbocycles. The average molecular weight is 334 g/mol. The maximum atomic E-state index is 10.5. The number of unbranched alkanes of at least 4 members (excludes halogenated alkanes) is 2. The molecule has 2 aliphatic rings. The Hall–Kier alpha value is -1.31. The molecule has 0 radical (unpaired) electrons. The molecule has 2 rings (SSSR count). The Morgan fingerprint density at radius 2 is 2.04 bits per heavy atom. The molecule has 2 aliphatic heterocycles.